The van der Waals surface area contributed by atoms with Gasteiger partial charge in [0, 0.05) is 58.7 Å². The molecule has 10 aliphatic rings. The number of carbonyl (C=O) groups is 6. The minimum absolute atomic E-state index is 0.0118. The number of hydrogen-bond acceptors (Lipinski definition) is 52. The minimum Gasteiger partial charge on any atom is -0.463 e. The summed E-state index contributed by atoms with van der Waals surface area (Å²) in [4.78, 5) is 123. The Bertz CT molecular complexity index is 6920. The van der Waals surface area contributed by atoms with E-state index in [2.05, 4.69) is 95.9 Å². The van der Waals surface area contributed by atoms with E-state index in [0.29, 0.717) is 91.2 Å². The van der Waals surface area contributed by atoms with E-state index in [1.165, 1.54) is 144 Å². The van der Waals surface area contributed by atoms with E-state index in [4.69, 9.17) is 89.1 Å². The summed E-state index contributed by atoms with van der Waals surface area (Å²) in [5.41, 5.74) is 31.9. The normalized spacial score (nSPS) is 24.8. The molecule has 19 rings (SSSR count). The molecule has 10 aliphatic heterocycles. The highest BCUT2D eigenvalue weighted by Gasteiger charge is 2.58. The summed E-state index contributed by atoms with van der Waals surface area (Å²) < 4.78 is 139. The molecule has 55 heteroatoms. The molecule has 5 aromatic heterocycles. The van der Waals surface area contributed by atoms with Crippen molar-refractivity contribution in [3.05, 3.63) is 245 Å². The van der Waals surface area contributed by atoms with Crippen LogP contribution in [0.15, 0.2) is 257 Å². The number of benzene rings is 4. The van der Waals surface area contributed by atoms with Gasteiger partial charge in [0.05, 0.1) is 83.8 Å². The number of aliphatic hydroxyl groups is 4. The lowest BCUT2D eigenvalue weighted by molar-refractivity contribution is -0.152. The zero-order chi connectivity index (χ0) is 107. The first-order valence-electron chi connectivity index (χ1n) is 44.3. The number of nitrogens with zero attached hydrogens (tertiary/aromatic N) is 15. The highest BCUT2D eigenvalue weighted by atomic mass is 32.2. The topological polar surface area (TPSA) is 647 Å². The Balaban J connectivity index is 0.000000140. The molecule has 780 valence electrons. The van der Waals surface area contributed by atoms with Crippen LogP contribution in [0.4, 0.5) is 63.2 Å². The Hall–Kier alpha value is -13.6. The third kappa shape index (κ3) is 24.0. The number of aliphatic hydroxyl groups excluding tert-OH is 4. The monoisotopic (exact) mass is 2170 g/mol. The molecule has 0 unspecified atom stereocenters. The molecule has 47 nitrogen and oxygen atoms in total. The summed E-state index contributed by atoms with van der Waals surface area (Å²) in [6, 6.07) is 29.1. The van der Waals surface area contributed by atoms with Crippen molar-refractivity contribution in [1.29, 1.82) is 0 Å². The number of ether oxygens (including phenoxy) is 11. The molecule has 18 atom stereocenters. The van der Waals surface area contributed by atoms with E-state index in [0.717, 1.165) is 20.9 Å². The lowest BCUT2D eigenvalue weighted by Gasteiger charge is -2.30. The van der Waals surface area contributed by atoms with Crippen molar-refractivity contribution in [2.24, 2.45) is 0 Å². The zero-order valence-corrected chi connectivity index (χ0v) is 84.9. The van der Waals surface area contributed by atoms with Gasteiger partial charge < -0.3 is 101 Å². The first kappa shape index (κ1) is 109. The van der Waals surface area contributed by atoms with E-state index in [-0.39, 0.29) is 66.0 Å². The molecule has 9 aromatic rings. The van der Waals surface area contributed by atoms with Gasteiger partial charge in [0.25, 0.3) is 20.2 Å². The van der Waals surface area contributed by atoms with Crippen molar-refractivity contribution in [3.8, 4) is 0 Å². The van der Waals surface area contributed by atoms with Gasteiger partial charge in [-0.25, -0.2) is 38.9 Å². The number of halogens is 1. The number of nitrogen functional groups attached to an aromatic ring is 5. The molecule has 5 fully saturated rings. The fraction of sp³-hybridized carbons (Fsp3) is 0.312. The summed E-state index contributed by atoms with van der Waals surface area (Å²) in [5.74, 6) is -1.21. The van der Waals surface area contributed by atoms with Gasteiger partial charge in [0.15, 0.2) is 84.7 Å². The fourth-order valence-electron chi connectivity index (χ4n) is 16.0. The average molecular weight is 2170 g/mol. The Labute approximate surface area is 866 Å². The van der Waals surface area contributed by atoms with E-state index in [1.807, 2.05) is 19.9 Å². The number of anilines is 10. The van der Waals surface area contributed by atoms with Gasteiger partial charge in [-0.2, -0.15) is 41.8 Å². The lowest BCUT2D eigenvalue weighted by Crippen LogP contribution is -2.46. The predicted molar refractivity (Wildman–Crippen MR) is 535 cm³/mol. The number of carbonyl (C=O) groups excluding carboxylic acids is 6. The largest absolute Gasteiger partial charge is 0.463 e. The predicted octanol–water partition coefficient (Wildman–Crippen LogP) is 7.23. The van der Waals surface area contributed by atoms with Crippen LogP contribution < -0.4 is 53.2 Å². The highest BCUT2D eigenvalue weighted by Crippen LogP contribution is 2.54. The van der Waals surface area contributed by atoms with Crippen LogP contribution in [0, 0.1) is 13.8 Å². The second-order valence-corrected chi connectivity index (χ2v) is 41.8. The van der Waals surface area contributed by atoms with Crippen molar-refractivity contribution in [2.75, 3.05) is 86.2 Å². The van der Waals surface area contributed by atoms with Gasteiger partial charge in [0.1, 0.15) is 74.8 Å². The molecule has 0 aliphatic carbocycles. The van der Waals surface area contributed by atoms with Crippen molar-refractivity contribution >= 4 is 174 Å². The first-order chi connectivity index (χ1) is 70.4. The van der Waals surface area contributed by atoms with Crippen LogP contribution >= 0.6 is 58.8 Å². The highest BCUT2D eigenvalue weighted by molar-refractivity contribution is 8.04. The van der Waals surface area contributed by atoms with E-state index in [1.54, 1.807) is 101 Å². The maximum absolute atomic E-state index is 15.2. The Morgan fingerprint density at radius 1 is 0.392 bits per heavy atom. The number of alkyl halides is 1. The fourth-order valence-corrected chi connectivity index (χ4v) is 22.6. The number of fused-ring (bicyclic) bond motifs is 5. The van der Waals surface area contributed by atoms with E-state index < -0.39 is 173 Å². The van der Waals surface area contributed by atoms with Crippen LogP contribution in [0.5, 0.6) is 0 Å². The van der Waals surface area contributed by atoms with Crippen LogP contribution in [0.1, 0.15) is 59.5 Å². The number of hydrogen-bond donors (Lipinski definition) is 9. The second-order valence-electron chi connectivity index (χ2n) is 33.1. The summed E-state index contributed by atoms with van der Waals surface area (Å²) >= 11 is 6.47. The van der Waals surface area contributed by atoms with Gasteiger partial charge in [-0.1, -0.05) is 177 Å². The number of aromatic nitrogens is 10. The first-order valence-corrected chi connectivity index (χ1v) is 51.2. The second kappa shape index (κ2) is 46.0. The standard InChI is InChI=1S/C22H24N4O8S2.C21H20N4O5S.C20H19FN4O5S.C18H20N4O6S2.C12H14N4O3S/c1-11-5-7-15(8-6-11)36(29,30)34-18-16(10-31-13(3)27)33-21(19(18)32-14(4)28)26-12(2)35-17-9-24-22(23)25-20(17)26;1-11-15(10-28-20(27)14-7-5-4-6-8-14)30-19(17(11)29-13(3)26)25-12(2)31-16-9-23-21(22)24-18(16)25;1-10-25(17-14(31-10)8-23-20(22)24-17)18-16(29-11(2)26)15(21)13(30-18)9-28-19(27)12-6-4-3-5-7-12;1-9-3-5-11(6-4-9)30(25,26)28-15-12(8-23)27-17(14(15)24)22-10(2)29-13-7-20-18(19)21-16(13)22;1-5-7(4-17)19-11(9(5)18)16-6(2)20-8-3-14-12(13)15-10(8)16/h5-9,16,18-19,21H,2,10H2,1,3-4H3,(H2,23,24,25);4-9,15,17,19H,1-2,10H2,3H3,(H2,22,23,24);3-8,13,15-16,18H,1,9H2,2H3,(H2,22,23,24);3-7,12,14-15,17,23-24H,2,8H2,1H3,(H2,19,20,21);3,7,9,11,17-18H,1-2,4H2,(H2,13,14,15)/t16-,18+,19-,21-;15-,17-,19-;13-,15+,16-,18-;12-,14-,15+,17-;7-,9-,11-/m11111/s1. The molecule has 5 saturated heterocycles. The van der Waals surface area contributed by atoms with E-state index >= 15 is 4.39 Å². The maximum atomic E-state index is 15.2. The number of thioether (sulfide) groups is 5. The van der Waals surface area contributed by atoms with Gasteiger partial charge in [-0.05, 0) is 73.5 Å². The number of aryl methyl sites for hydroxylation is 2. The van der Waals surface area contributed by atoms with Crippen LogP contribution in [-0.2, 0) is 99.9 Å². The van der Waals surface area contributed by atoms with Crippen molar-refractivity contribution in [2.45, 2.75) is 186 Å². The molecule has 148 heavy (non-hydrogen) atoms. The molecule has 0 bridgehead atoms. The third-order valence-electron chi connectivity index (χ3n) is 22.8. The molecule has 4 aromatic carbocycles. The van der Waals surface area contributed by atoms with Gasteiger partial charge in [-0.3, -0.25) is 52.0 Å². The van der Waals surface area contributed by atoms with Crippen molar-refractivity contribution in [1.82, 2.24) is 49.8 Å². The van der Waals surface area contributed by atoms with Gasteiger partial charge >= 0.3 is 35.8 Å². The SMILES string of the molecule is C=C1Sc2cnc(N)nc2N1[C@@H]1O[C@H](CO)[C@H](OS(=O)(=O)c2ccc(C)cc2)[C@H]1O.C=C1Sc2cnc(N)nc2N1[C@@H]1O[C@H](COC(=O)c2ccccc2)[C@H](F)[C@H]1OC(C)=O.C=C1Sc2cnc(N)nc2N1[C@@H]1O[C@H](COC(C)=O)[C@H](OS(=O)(=O)c2ccc(C)cc2)[C@H]1OC(C)=O.C=C1[C@@H](O)[C@H](N2C(=C)Sc3cnc(N)nc32)O[C@@H]1CO.C=C1[C@@H](OC(C)=O)[C@H](N2C(=C)Sc3cnc(N)nc32)O[C@@H]1COC(=O)c1ccccc1. The van der Waals surface area contributed by atoms with Crippen LogP contribution in [-0.4, -0.2) is 267 Å². The van der Waals surface area contributed by atoms with E-state index in [9.17, 15) is 66.0 Å². The Kier molecular flexibility index (Phi) is 33.8. The molecule has 0 saturated carbocycles. The van der Waals surface area contributed by atoms with Crippen LogP contribution in [0.3, 0.4) is 0 Å². The zero-order valence-electron chi connectivity index (χ0n) is 79.2. The third-order valence-corrected chi connectivity index (χ3v) is 30.1. The Morgan fingerprint density at radius 2 is 0.736 bits per heavy atom. The minimum atomic E-state index is -4.33. The quantitative estimate of drug-likeness (QED) is 0.0125. The summed E-state index contributed by atoms with van der Waals surface area (Å²) in [7, 11) is -8.54. The number of rotatable bonds is 24. The lowest BCUT2D eigenvalue weighted by atomic mass is 10.1. The molecular formula is C93H97FN20O27S7. The Morgan fingerprint density at radius 3 is 1.12 bits per heavy atom. The molecule has 15 heterocycles. The van der Waals surface area contributed by atoms with Crippen LogP contribution in [0.25, 0.3) is 0 Å². The van der Waals surface area contributed by atoms with Crippen molar-refractivity contribution in [3.63, 3.8) is 0 Å². The maximum Gasteiger partial charge on any atom is 0.338 e. The molecule has 0 spiro atoms. The molecule has 0 amide bonds. The van der Waals surface area contributed by atoms with Gasteiger partial charge in [0.2, 0.25) is 29.7 Å². The van der Waals surface area contributed by atoms with Crippen LogP contribution in [0.2, 0.25) is 0 Å². The number of nitrogens with two attached hydrogens (primary N) is 5. The smallest absolute Gasteiger partial charge is 0.338 e. The molecule has 0 radical (unpaired) electrons. The summed E-state index contributed by atoms with van der Waals surface area (Å²) in [5, 5.41) is 42.7. The van der Waals surface area contributed by atoms with Gasteiger partial charge in [-0.15, -0.1) is 0 Å². The average Bonchev–Trinajstić information content (AvgIpc) is 1.64. The number of esters is 6. The van der Waals surface area contributed by atoms with Crippen molar-refractivity contribution < 1.29 is 131 Å². The summed E-state index contributed by atoms with van der Waals surface area (Å²) in [6.45, 7) is 34.5. The summed E-state index contributed by atoms with van der Waals surface area (Å²) in [6.07, 6.45) is -11.9. The molecular weight excluding hydrogens is 2070 g/mol. The molecule has 14 N–H and O–H groups in total.